The maximum absolute atomic E-state index is 5.13. The Bertz CT molecular complexity index is 255. The zero-order valence-corrected chi connectivity index (χ0v) is 8.24. The van der Waals surface area contributed by atoms with E-state index in [4.69, 9.17) is 4.74 Å². The van der Waals surface area contributed by atoms with E-state index < -0.39 is 0 Å². The van der Waals surface area contributed by atoms with Crippen molar-refractivity contribution in [2.45, 2.75) is 5.92 Å². The molecule has 2 rings (SSSR count). The minimum absolute atomic E-state index is 0.657. The third kappa shape index (κ3) is 1.56. The lowest BCUT2D eigenvalue weighted by atomic mass is 9.98. The average Bonchev–Trinajstić information content (AvgIpc) is 1.83. The van der Waals surface area contributed by atoms with Crippen LogP contribution < -0.4 is 0 Å². The molecule has 0 amide bonds. The van der Waals surface area contributed by atoms with Crippen LogP contribution >= 0.6 is 22.6 Å². The molecular weight excluding hydrogens is 251 g/mol. The summed E-state index contributed by atoms with van der Waals surface area (Å²) >= 11 is 2.34. The summed E-state index contributed by atoms with van der Waals surface area (Å²) in [7, 11) is 0. The van der Waals surface area contributed by atoms with Gasteiger partial charge in [0.15, 0.2) is 0 Å². The summed E-state index contributed by atoms with van der Waals surface area (Å²) < 4.78 is 6.44. The molecule has 0 bridgehead atoms. The Hall–Kier alpha value is -0.0900. The largest absolute Gasteiger partial charge is 0.380 e. The predicted molar refractivity (Wildman–Crippen MR) is 52.7 cm³/mol. The topological polar surface area (TPSA) is 9.23 Å². The molecule has 1 fully saturated rings. The molecule has 0 spiro atoms. The molecule has 1 aromatic rings. The molecule has 1 nitrogen and oxygen atoms in total. The van der Waals surface area contributed by atoms with Crippen LogP contribution in [0.1, 0.15) is 11.5 Å². The van der Waals surface area contributed by atoms with Crippen molar-refractivity contribution in [2.24, 2.45) is 0 Å². The molecule has 1 aliphatic heterocycles. The van der Waals surface area contributed by atoms with Crippen molar-refractivity contribution in [3.63, 3.8) is 0 Å². The highest BCUT2D eigenvalue weighted by molar-refractivity contribution is 14.1. The first-order valence-corrected chi connectivity index (χ1v) is 4.77. The highest BCUT2D eigenvalue weighted by atomic mass is 127. The molecular formula is C9H9IO. The Morgan fingerprint density at radius 2 is 2.18 bits per heavy atom. The standard InChI is InChI=1S/C9H9IO/c10-9-3-1-2-7(4-9)8-5-11-6-8/h1-4,8H,5-6H2. The number of halogens is 1. The first-order valence-electron chi connectivity index (χ1n) is 3.69. The zero-order valence-electron chi connectivity index (χ0n) is 6.09. The van der Waals surface area contributed by atoms with Crippen LogP contribution in [-0.2, 0) is 4.74 Å². The summed E-state index contributed by atoms with van der Waals surface area (Å²) in [5.74, 6) is 0.657. The van der Waals surface area contributed by atoms with Gasteiger partial charge in [0.2, 0.25) is 0 Å². The molecule has 11 heavy (non-hydrogen) atoms. The molecule has 0 saturated carbocycles. The van der Waals surface area contributed by atoms with Crippen molar-refractivity contribution in [2.75, 3.05) is 13.2 Å². The van der Waals surface area contributed by atoms with Gasteiger partial charge in [0.1, 0.15) is 0 Å². The molecule has 1 heterocycles. The van der Waals surface area contributed by atoms with Gasteiger partial charge in [-0.2, -0.15) is 0 Å². The maximum Gasteiger partial charge on any atom is 0.0557 e. The van der Waals surface area contributed by atoms with Crippen molar-refractivity contribution in [3.05, 3.63) is 33.4 Å². The molecule has 1 saturated heterocycles. The number of hydrogen-bond donors (Lipinski definition) is 0. The van der Waals surface area contributed by atoms with Gasteiger partial charge in [-0.1, -0.05) is 12.1 Å². The molecule has 0 N–H and O–H groups in total. The van der Waals surface area contributed by atoms with Crippen molar-refractivity contribution in [1.29, 1.82) is 0 Å². The van der Waals surface area contributed by atoms with Crippen LogP contribution in [-0.4, -0.2) is 13.2 Å². The third-order valence-electron chi connectivity index (χ3n) is 1.96. The second-order valence-corrected chi connectivity index (χ2v) is 4.04. The summed E-state index contributed by atoms with van der Waals surface area (Å²) in [4.78, 5) is 0. The monoisotopic (exact) mass is 260 g/mol. The third-order valence-corrected chi connectivity index (χ3v) is 2.63. The van der Waals surface area contributed by atoms with Gasteiger partial charge in [-0.25, -0.2) is 0 Å². The van der Waals surface area contributed by atoms with Gasteiger partial charge in [0, 0.05) is 9.49 Å². The van der Waals surface area contributed by atoms with E-state index in [-0.39, 0.29) is 0 Å². The predicted octanol–water partition coefficient (Wildman–Crippen LogP) is 2.41. The van der Waals surface area contributed by atoms with Crippen molar-refractivity contribution in [3.8, 4) is 0 Å². The Labute approximate surface area is 79.9 Å². The SMILES string of the molecule is Ic1cccc(C2COC2)c1. The molecule has 0 radical (unpaired) electrons. The van der Waals surface area contributed by atoms with E-state index >= 15 is 0 Å². The van der Waals surface area contributed by atoms with Gasteiger partial charge in [0.05, 0.1) is 13.2 Å². The second-order valence-electron chi connectivity index (χ2n) is 2.79. The summed E-state index contributed by atoms with van der Waals surface area (Å²) in [6.07, 6.45) is 0. The molecule has 0 atom stereocenters. The van der Waals surface area contributed by atoms with Gasteiger partial charge >= 0.3 is 0 Å². The highest BCUT2D eigenvalue weighted by Crippen LogP contribution is 2.24. The van der Waals surface area contributed by atoms with E-state index in [0.717, 1.165) is 13.2 Å². The fourth-order valence-corrected chi connectivity index (χ4v) is 1.76. The smallest absolute Gasteiger partial charge is 0.0557 e. The Balaban J connectivity index is 2.23. The van der Waals surface area contributed by atoms with Gasteiger partial charge < -0.3 is 4.74 Å². The van der Waals surface area contributed by atoms with E-state index in [9.17, 15) is 0 Å². The first-order chi connectivity index (χ1) is 5.36. The summed E-state index contributed by atoms with van der Waals surface area (Å²) in [6, 6.07) is 8.63. The Kier molecular flexibility index (Phi) is 2.13. The lowest BCUT2D eigenvalue weighted by molar-refractivity contribution is 0.00840. The molecule has 0 unspecified atom stereocenters. The van der Waals surface area contributed by atoms with E-state index in [1.54, 1.807) is 0 Å². The molecule has 1 aliphatic rings. The van der Waals surface area contributed by atoms with Gasteiger partial charge in [-0.3, -0.25) is 0 Å². The lowest BCUT2D eigenvalue weighted by Crippen LogP contribution is -2.24. The quantitative estimate of drug-likeness (QED) is 0.704. The number of hydrogen-bond acceptors (Lipinski definition) is 1. The molecule has 0 aliphatic carbocycles. The van der Waals surface area contributed by atoms with Crippen LogP contribution in [0.15, 0.2) is 24.3 Å². The van der Waals surface area contributed by atoms with Crippen molar-refractivity contribution >= 4 is 22.6 Å². The van der Waals surface area contributed by atoms with Crippen LogP contribution in [0, 0.1) is 3.57 Å². The zero-order chi connectivity index (χ0) is 7.68. The van der Waals surface area contributed by atoms with Gasteiger partial charge in [-0.05, 0) is 40.3 Å². The van der Waals surface area contributed by atoms with E-state index in [0.29, 0.717) is 5.92 Å². The number of ether oxygens (including phenoxy) is 1. The summed E-state index contributed by atoms with van der Waals surface area (Å²) in [6.45, 7) is 1.81. The number of rotatable bonds is 1. The van der Waals surface area contributed by atoms with Crippen LogP contribution in [0.25, 0.3) is 0 Å². The molecule has 2 heteroatoms. The molecule has 58 valence electrons. The van der Waals surface area contributed by atoms with E-state index in [1.165, 1.54) is 9.13 Å². The number of benzene rings is 1. The normalized spacial score (nSPS) is 17.9. The van der Waals surface area contributed by atoms with Crippen molar-refractivity contribution < 1.29 is 4.74 Å². The fraction of sp³-hybridized carbons (Fsp3) is 0.333. The van der Waals surface area contributed by atoms with E-state index in [2.05, 4.69) is 46.9 Å². The lowest BCUT2D eigenvalue weighted by Gasteiger charge is -2.26. The van der Waals surface area contributed by atoms with Crippen LogP contribution in [0.2, 0.25) is 0 Å². The molecule has 1 aromatic carbocycles. The van der Waals surface area contributed by atoms with Crippen LogP contribution in [0.3, 0.4) is 0 Å². The minimum Gasteiger partial charge on any atom is -0.380 e. The van der Waals surface area contributed by atoms with Gasteiger partial charge in [-0.15, -0.1) is 0 Å². The average molecular weight is 260 g/mol. The van der Waals surface area contributed by atoms with Crippen LogP contribution in [0.5, 0.6) is 0 Å². The van der Waals surface area contributed by atoms with Crippen LogP contribution in [0.4, 0.5) is 0 Å². The van der Waals surface area contributed by atoms with E-state index in [1.807, 2.05) is 0 Å². The summed E-state index contributed by atoms with van der Waals surface area (Å²) in [5.41, 5.74) is 1.42. The fourth-order valence-electron chi connectivity index (χ4n) is 1.19. The second kappa shape index (κ2) is 3.11. The first kappa shape index (κ1) is 7.55. The maximum atomic E-state index is 5.13. The summed E-state index contributed by atoms with van der Waals surface area (Å²) in [5, 5.41) is 0. The minimum atomic E-state index is 0.657. The molecule has 0 aromatic heterocycles. The van der Waals surface area contributed by atoms with Crippen molar-refractivity contribution in [1.82, 2.24) is 0 Å². The Morgan fingerprint density at radius 1 is 1.36 bits per heavy atom. The highest BCUT2D eigenvalue weighted by Gasteiger charge is 2.19. The Morgan fingerprint density at radius 3 is 2.73 bits per heavy atom. The van der Waals surface area contributed by atoms with Gasteiger partial charge in [0.25, 0.3) is 0 Å².